The highest BCUT2D eigenvalue weighted by Gasteiger charge is 2.39. The van der Waals surface area contributed by atoms with Crippen LogP contribution in [0.25, 0.3) is 0 Å². The van der Waals surface area contributed by atoms with Gasteiger partial charge in [-0.25, -0.2) is 0 Å². The molecule has 0 heterocycles. The predicted molar refractivity (Wildman–Crippen MR) is 64.0 cm³/mol. The highest BCUT2D eigenvalue weighted by molar-refractivity contribution is 5.89. The summed E-state index contributed by atoms with van der Waals surface area (Å²) < 4.78 is 0. The molecule has 0 unspecified atom stereocenters. The van der Waals surface area contributed by atoms with Crippen LogP contribution in [-0.4, -0.2) is 18.2 Å². The maximum Gasteiger partial charge on any atom is 0.226 e. The molecule has 92 valence electrons. The third-order valence-corrected chi connectivity index (χ3v) is 3.79. The molecule has 0 aromatic rings. The number of Topliss-reactive ketones (excluding diaryl/α,β-unsaturated/α-hetero) is 1. The Labute approximate surface area is 98.0 Å². The van der Waals surface area contributed by atoms with Gasteiger partial charge in [0.15, 0.2) is 5.78 Å². The maximum absolute atomic E-state index is 12.1. The fraction of sp³-hybridized carbons (Fsp3) is 0.846. The lowest BCUT2D eigenvalue weighted by Gasteiger charge is -2.25. The van der Waals surface area contributed by atoms with E-state index >= 15 is 0 Å². The number of amides is 1. The average molecular weight is 225 g/mol. The second kappa shape index (κ2) is 5.46. The van der Waals surface area contributed by atoms with E-state index in [9.17, 15) is 9.59 Å². The SMILES string of the molecule is CCC1(C(=O)NCC(=O)C(C)C)CCCC1. The van der Waals surface area contributed by atoms with Crippen molar-refractivity contribution in [3.63, 3.8) is 0 Å². The lowest BCUT2D eigenvalue weighted by Crippen LogP contribution is -2.41. The number of ketones is 1. The minimum absolute atomic E-state index is 0.00135. The fourth-order valence-electron chi connectivity index (χ4n) is 2.35. The van der Waals surface area contributed by atoms with Crippen molar-refractivity contribution in [3.05, 3.63) is 0 Å². The van der Waals surface area contributed by atoms with Crippen LogP contribution in [0.3, 0.4) is 0 Å². The van der Waals surface area contributed by atoms with Crippen molar-refractivity contribution in [3.8, 4) is 0 Å². The fourth-order valence-corrected chi connectivity index (χ4v) is 2.35. The zero-order valence-electron chi connectivity index (χ0n) is 10.6. The minimum atomic E-state index is -0.183. The van der Waals surface area contributed by atoms with Gasteiger partial charge in [0.25, 0.3) is 0 Å². The summed E-state index contributed by atoms with van der Waals surface area (Å²) in [7, 11) is 0. The van der Waals surface area contributed by atoms with Crippen LogP contribution in [-0.2, 0) is 9.59 Å². The van der Waals surface area contributed by atoms with Crippen LogP contribution in [0.15, 0.2) is 0 Å². The van der Waals surface area contributed by atoms with Crippen molar-refractivity contribution in [1.82, 2.24) is 5.32 Å². The second-order valence-corrected chi connectivity index (χ2v) is 5.14. The molecule has 0 radical (unpaired) electrons. The molecule has 1 aliphatic rings. The van der Waals surface area contributed by atoms with Gasteiger partial charge in [0, 0.05) is 11.3 Å². The highest BCUT2D eigenvalue weighted by atomic mass is 16.2. The van der Waals surface area contributed by atoms with Crippen LogP contribution in [0.2, 0.25) is 0 Å². The molecule has 0 aromatic heterocycles. The van der Waals surface area contributed by atoms with Gasteiger partial charge in [-0.3, -0.25) is 9.59 Å². The van der Waals surface area contributed by atoms with E-state index in [0.29, 0.717) is 0 Å². The Balaban J connectivity index is 2.48. The quantitative estimate of drug-likeness (QED) is 0.780. The number of carbonyl (C=O) groups is 2. The van der Waals surface area contributed by atoms with Crippen LogP contribution >= 0.6 is 0 Å². The lowest BCUT2D eigenvalue weighted by atomic mass is 9.82. The number of rotatable bonds is 5. The van der Waals surface area contributed by atoms with E-state index in [4.69, 9.17) is 0 Å². The maximum atomic E-state index is 12.1. The summed E-state index contributed by atoms with van der Waals surface area (Å²) in [6, 6.07) is 0. The van der Waals surface area contributed by atoms with E-state index in [1.54, 1.807) is 0 Å². The molecule has 1 saturated carbocycles. The smallest absolute Gasteiger partial charge is 0.226 e. The van der Waals surface area contributed by atoms with Crippen molar-refractivity contribution in [2.45, 2.75) is 52.9 Å². The molecule has 0 saturated heterocycles. The first kappa shape index (κ1) is 13.2. The third kappa shape index (κ3) is 2.83. The van der Waals surface area contributed by atoms with E-state index in [-0.39, 0.29) is 29.6 Å². The van der Waals surface area contributed by atoms with E-state index in [0.717, 1.165) is 32.1 Å². The van der Waals surface area contributed by atoms with Gasteiger partial charge in [0.1, 0.15) is 0 Å². The van der Waals surface area contributed by atoms with Gasteiger partial charge < -0.3 is 5.32 Å². The Morgan fingerprint density at radius 3 is 2.25 bits per heavy atom. The molecule has 1 N–H and O–H groups in total. The Hall–Kier alpha value is -0.860. The first-order valence-electron chi connectivity index (χ1n) is 6.33. The molecule has 3 nitrogen and oxygen atoms in total. The van der Waals surface area contributed by atoms with Crippen molar-refractivity contribution in [2.75, 3.05) is 6.54 Å². The van der Waals surface area contributed by atoms with Crippen LogP contribution in [0, 0.1) is 11.3 Å². The summed E-state index contributed by atoms with van der Waals surface area (Å²) >= 11 is 0. The molecule has 1 aliphatic carbocycles. The van der Waals surface area contributed by atoms with E-state index < -0.39 is 0 Å². The van der Waals surface area contributed by atoms with Crippen LogP contribution in [0.4, 0.5) is 0 Å². The second-order valence-electron chi connectivity index (χ2n) is 5.14. The third-order valence-electron chi connectivity index (χ3n) is 3.79. The Bertz CT molecular complexity index is 265. The standard InChI is InChI=1S/C13H23NO2/c1-4-13(7-5-6-8-13)12(16)14-9-11(15)10(2)3/h10H,4-9H2,1-3H3,(H,14,16). The molecule has 16 heavy (non-hydrogen) atoms. The summed E-state index contributed by atoms with van der Waals surface area (Å²) in [5.41, 5.74) is -0.183. The van der Waals surface area contributed by atoms with E-state index in [1.807, 2.05) is 13.8 Å². The van der Waals surface area contributed by atoms with E-state index in [1.165, 1.54) is 0 Å². The summed E-state index contributed by atoms with van der Waals surface area (Å²) in [5, 5.41) is 2.81. The topological polar surface area (TPSA) is 46.2 Å². The first-order valence-corrected chi connectivity index (χ1v) is 6.33. The molecule has 1 fully saturated rings. The monoisotopic (exact) mass is 225 g/mol. The molecule has 3 heteroatoms. The molecule has 1 amide bonds. The first-order chi connectivity index (χ1) is 7.52. The lowest BCUT2D eigenvalue weighted by molar-refractivity contribution is -0.133. The minimum Gasteiger partial charge on any atom is -0.349 e. The molecule has 0 spiro atoms. The summed E-state index contributed by atoms with van der Waals surface area (Å²) in [6.45, 7) is 5.98. The number of nitrogens with one attached hydrogen (secondary N) is 1. The number of hydrogen-bond donors (Lipinski definition) is 1. The van der Waals surface area contributed by atoms with Gasteiger partial charge >= 0.3 is 0 Å². The average Bonchev–Trinajstić information content (AvgIpc) is 2.74. The molecular formula is C13H23NO2. The molecule has 0 aliphatic heterocycles. The van der Waals surface area contributed by atoms with Gasteiger partial charge in [-0.1, -0.05) is 33.6 Å². The van der Waals surface area contributed by atoms with Gasteiger partial charge in [-0.2, -0.15) is 0 Å². The Morgan fingerprint density at radius 2 is 1.81 bits per heavy atom. The Kier molecular flexibility index (Phi) is 4.51. The van der Waals surface area contributed by atoms with Gasteiger partial charge in [0.2, 0.25) is 5.91 Å². The summed E-state index contributed by atoms with van der Waals surface area (Å²) in [4.78, 5) is 23.5. The summed E-state index contributed by atoms with van der Waals surface area (Å²) in [5.74, 6) is 0.195. The van der Waals surface area contributed by atoms with Crippen molar-refractivity contribution in [2.24, 2.45) is 11.3 Å². The molecule has 1 rings (SSSR count). The molecule has 0 atom stereocenters. The number of carbonyl (C=O) groups excluding carboxylic acids is 2. The van der Waals surface area contributed by atoms with Crippen molar-refractivity contribution < 1.29 is 9.59 Å². The van der Waals surface area contributed by atoms with Crippen LogP contribution < -0.4 is 5.32 Å². The molecular weight excluding hydrogens is 202 g/mol. The Morgan fingerprint density at radius 1 is 1.25 bits per heavy atom. The van der Waals surface area contributed by atoms with Crippen molar-refractivity contribution >= 4 is 11.7 Å². The molecule has 0 bridgehead atoms. The molecule has 0 aromatic carbocycles. The zero-order valence-corrected chi connectivity index (χ0v) is 10.6. The largest absolute Gasteiger partial charge is 0.349 e. The summed E-state index contributed by atoms with van der Waals surface area (Å²) in [6.07, 6.45) is 5.11. The highest BCUT2D eigenvalue weighted by Crippen LogP contribution is 2.40. The van der Waals surface area contributed by atoms with Gasteiger partial charge in [-0.05, 0) is 19.3 Å². The predicted octanol–water partition coefficient (Wildman–Crippen LogP) is 2.30. The zero-order chi connectivity index (χ0) is 12.2. The van der Waals surface area contributed by atoms with Gasteiger partial charge in [0.05, 0.1) is 6.54 Å². The van der Waals surface area contributed by atoms with Gasteiger partial charge in [-0.15, -0.1) is 0 Å². The van der Waals surface area contributed by atoms with Crippen molar-refractivity contribution in [1.29, 1.82) is 0 Å². The van der Waals surface area contributed by atoms with E-state index in [2.05, 4.69) is 12.2 Å². The number of hydrogen-bond acceptors (Lipinski definition) is 2. The normalized spacial score (nSPS) is 18.8. The van der Waals surface area contributed by atoms with Crippen LogP contribution in [0.1, 0.15) is 52.9 Å². The van der Waals surface area contributed by atoms with Crippen LogP contribution in [0.5, 0.6) is 0 Å².